The maximum atomic E-state index is 12.2. The minimum Gasteiger partial charge on any atom is -0.348 e. The lowest BCUT2D eigenvalue weighted by molar-refractivity contribution is 0.0951. The SMILES string of the molecule is O=C(NCc1ccccc1)c1ccc2c(c1)CCCC2. The number of aryl methyl sites for hydroxylation is 2. The molecule has 102 valence electrons. The van der Waals surface area contributed by atoms with Crippen LogP contribution < -0.4 is 5.32 Å². The Kier molecular flexibility index (Phi) is 3.82. The molecule has 0 aromatic heterocycles. The third-order valence-electron chi connectivity index (χ3n) is 3.91. The van der Waals surface area contributed by atoms with E-state index in [1.807, 2.05) is 36.4 Å². The van der Waals surface area contributed by atoms with E-state index in [4.69, 9.17) is 0 Å². The number of fused-ring (bicyclic) bond motifs is 1. The molecular weight excluding hydrogens is 246 g/mol. The van der Waals surface area contributed by atoms with Gasteiger partial charge in [0.1, 0.15) is 0 Å². The average molecular weight is 265 g/mol. The van der Waals surface area contributed by atoms with Gasteiger partial charge in [-0.15, -0.1) is 0 Å². The Bertz CT molecular complexity index is 604. The largest absolute Gasteiger partial charge is 0.348 e. The van der Waals surface area contributed by atoms with E-state index in [0.29, 0.717) is 6.54 Å². The summed E-state index contributed by atoms with van der Waals surface area (Å²) in [6.07, 6.45) is 4.77. The smallest absolute Gasteiger partial charge is 0.251 e. The number of amides is 1. The molecule has 1 aliphatic rings. The highest BCUT2D eigenvalue weighted by Gasteiger charge is 2.12. The van der Waals surface area contributed by atoms with Crippen LogP contribution in [-0.2, 0) is 19.4 Å². The van der Waals surface area contributed by atoms with Gasteiger partial charge in [-0.3, -0.25) is 4.79 Å². The molecule has 2 aromatic rings. The Morgan fingerprint density at radius 2 is 1.70 bits per heavy atom. The van der Waals surface area contributed by atoms with Crippen molar-refractivity contribution in [1.29, 1.82) is 0 Å². The molecule has 0 heterocycles. The van der Waals surface area contributed by atoms with Crippen LogP contribution >= 0.6 is 0 Å². The minimum absolute atomic E-state index is 0.0160. The summed E-state index contributed by atoms with van der Waals surface area (Å²) in [6.45, 7) is 0.580. The Morgan fingerprint density at radius 3 is 2.50 bits per heavy atom. The van der Waals surface area contributed by atoms with Gasteiger partial charge in [-0.1, -0.05) is 36.4 Å². The number of nitrogens with one attached hydrogen (secondary N) is 1. The van der Waals surface area contributed by atoms with Crippen LogP contribution in [-0.4, -0.2) is 5.91 Å². The lowest BCUT2D eigenvalue weighted by Crippen LogP contribution is -2.23. The second-order valence-corrected chi connectivity index (χ2v) is 5.36. The summed E-state index contributed by atoms with van der Waals surface area (Å²) in [5.41, 5.74) is 4.67. The highest BCUT2D eigenvalue weighted by atomic mass is 16.1. The molecule has 0 atom stereocenters. The first-order chi connectivity index (χ1) is 9.83. The van der Waals surface area contributed by atoms with Crippen LogP contribution in [0.2, 0.25) is 0 Å². The molecule has 1 aliphatic carbocycles. The first-order valence-corrected chi connectivity index (χ1v) is 7.27. The van der Waals surface area contributed by atoms with Crippen molar-refractivity contribution >= 4 is 5.91 Å². The molecule has 0 saturated carbocycles. The Labute approximate surface area is 119 Å². The number of benzene rings is 2. The summed E-state index contributed by atoms with van der Waals surface area (Å²) >= 11 is 0. The van der Waals surface area contributed by atoms with Crippen LogP contribution in [0.5, 0.6) is 0 Å². The van der Waals surface area contributed by atoms with E-state index < -0.39 is 0 Å². The summed E-state index contributed by atoms with van der Waals surface area (Å²) < 4.78 is 0. The second-order valence-electron chi connectivity index (χ2n) is 5.36. The van der Waals surface area contributed by atoms with Crippen molar-refractivity contribution in [2.24, 2.45) is 0 Å². The summed E-state index contributed by atoms with van der Waals surface area (Å²) in [5, 5.41) is 2.98. The van der Waals surface area contributed by atoms with Crippen molar-refractivity contribution in [3.63, 3.8) is 0 Å². The van der Waals surface area contributed by atoms with Gasteiger partial charge in [0.05, 0.1) is 0 Å². The number of rotatable bonds is 3. The van der Waals surface area contributed by atoms with Gasteiger partial charge in [-0.05, 0) is 54.5 Å². The lowest BCUT2D eigenvalue weighted by atomic mass is 9.90. The van der Waals surface area contributed by atoms with E-state index in [2.05, 4.69) is 17.4 Å². The van der Waals surface area contributed by atoms with E-state index in [-0.39, 0.29) is 5.91 Å². The third kappa shape index (κ3) is 2.90. The Balaban J connectivity index is 1.68. The van der Waals surface area contributed by atoms with Gasteiger partial charge in [0, 0.05) is 12.1 Å². The minimum atomic E-state index is 0.0160. The van der Waals surface area contributed by atoms with Crippen molar-refractivity contribution in [3.05, 3.63) is 70.8 Å². The van der Waals surface area contributed by atoms with Gasteiger partial charge >= 0.3 is 0 Å². The van der Waals surface area contributed by atoms with Crippen molar-refractivity contribution in [3.8, 4) is 0 Å². The van der Waals surface area contributed by atoms with Gasteiger partial charge in [0.25, 0.3) is 5.91 Å². The molecule has 2 aromatic carbocycles. The zero-order chi connectivity index (χ0) is 13.8. The molecule has 3 rings (SSSR count). The molecule has 0 aliphatic heterocycles. The maximum absolute atomic E-state index is 12.2. The van der Waals surface area contributed by atoms with Gasteiger partial charge < -0.3 is 5.32 Å². The molecular formula is C18H19NO. The van der Waals surface area contributed by atoms with Crippen LogP contribution in [0.25, 0.3) is 0 Å². The van der Waals surface area contributed by atoms with Crippen molar-refractivity contribution < 1.29 is 4.79 Å². The van der Waals surface area contributed by atoms with E-state index in [0.717, 1.165) is 24.0 Å². The fourth-order valence-electron chi connectivity index (χ4n) is 2.75. The second kappa shape index (κ2) is 5.91. The van der Waals surface area contributed by atoms with Crippen LogP contribution in [0, 0.1) is 0 Å². The zero-order valence-corrected chi connectivity index (χ0v) is 11.6. The maximum Gasteiger partial charge on any atom is 0.251 e. The Hall–Kier alpha value is -2.09. The quantitative estimate of drug-likeness (QED) is 0.904. The molecule has 0 bridgehead atoms. The number of hydrogen-bond donors (Lipinski definition) is 1. The van der Waals surface area contributed by atoms with Crippen LogP contribution in [0.3, 0.4) is 0 Å². The molecule has 0 saturated heterocycles. The van der Waals surface area contributed by atoms with Crippen molar-refractivity contribution in [1.82, 2.24) is 5.32 Å². The van der Waals surface area contributed by atoms with E-state index in [9.17, 15) is 4.79 Å². The first-order valence-electron chi connectivity index (χ1n) is 7.27. The molecule has 0 radical (unpaired) electrons. The van der Waals surface area contributed by atoms with Gasteiger partial charge in [-0.2, -0.15) is 0 Å². The summed E-state index contributed by atoms with van der Waals surface area (Å²) in [6, 6.07) is 16.1. The number of carbonyl (C=O) groups is 1. The lowest BCUT2D eigenvalue weighted by Gasteiger charge is -2.16. The van der Waals surface area contributed by atoms with Crippen molar-refractivity contribution in [2.75, 3.05) is 0 Å². The van der Waals surface area contributed by atoms with Crippen molar-refractivity contribution in [2.45, 2.75) is 32.2 Å². The first kappa shape index (κ1) is 12.9. The molecule has 1 amide bonds. The fourth-order valence-corrected chi connectivity index (χ4v) is 2.75. The topological polar surface area (TPSA) is 29.1 Å². The monoisotopic (exact) mass is 265 g/mol. The predicted molar refractivity (Wildman–Crippen MR) is 80.7 cm³/mol. The summed E-state index contributed by atoms with van der Waals surface area (Å²) in [4.78, 5) is 12.2. The molecule has 20 heavy (non-hydrogen) atoms. The summed E-state index contributed by atoms with van der Waals surface area (Å²) in [5.74, 6) is 0.0160. The van der Waals surface area contributed by atoms with Gasteiger partial charge in [0.15, 0.2) is 0 Å². The average Bonchev–Trinajstić information content (AvgIpc) is 2.53. The van der Waals surface area contributed by atoms with Gasteiger partial charge in [0.2, 0.25) is 0 Å². The highest BCUT2D eigenvalue weighted by molar-refractivity contribution is 5.94. The highest BCUT2D eigenvalue weighted by Crippen LogP contribution is 2.22. The van der Waals surface area contributed by atoms with Gasteiger partial charge in [-0.25, -0.2) is 0 Å². The van der Waals surface area contributed by atoms with Crippen LogP contribution in [0.15, 0.2) is 48.5 Å². The fraction of sp³-hybridized carbons (Fsp3) is 0.278. The zero-order valence-electron chi connectivity index (χ0n) is 11.6. The Morgan fingerprint density at radius 1 is 0.950 bits per heavy atom. The number of carbonyl (C=O) groups excluding carboxylic acids is 1. The molecule has 1 N–H and O–H groups in total. The van der Waals surface area contributed by atoms with E-state index >= 15 is 0 Å². The number of hydrogen-bond acceptors (Lipinski definition) is 1. The normalized spacial score (nSPS) is 13.6. The van der Waals surface area contributed by atoms with E-state index in [1.165, 1.54) is 24.0 Å². The van der Waals surface area contributed by atoms with E-state index in [1.54, 1.807) is 0 Å². The molecule has 2 heteroatoms. The molecule has 0 fully saturated rings. The third-order valence-corrected chi connectivity index (χ3v) is 3.91. The molecule has 2 nitrogen and oxygen atoms in total. The van der Waals surface area contributed by atoms with Crippen LogP contribution in [0.4, 0.5) is 0 Å². The summed E-state index contributed by atoms with van der Waals surface area (Å²) in [7, 11) is 0. The standard InChI is InChI=1S/C18H19NO/c20-18(19-13-14-6-2-1-3-7-14)17-11-10-15-8-4-5-9-16(15)12-17/h1-3,6-7,10-12H,4-5,8-9,13H2,(H,19,20). The predicted octanol–water partition coefficient (Wildman–Crippen LogP) is 3.50. The molecule has 0 spiro atoms. The molecule has 0 unspecified atom stereocenters. The van der Waals surface area contributed by atoms with Crippen LogP contribution in [0.1, 0.15) is 39.9 Å².